The molecule has 9 heteroatoms. The van der Waals surface area contributed by atoms with Crippen LogP contribution < -0.4 is 10.6 Å². The summed E-state index contributed by atoms with van der Waals surface area (Å²) in [5, 5.41) is 4.50. The molecule has 0 spiro atoms. The molecule has 0 unspecified atom stereocenters. The number of carbonyl (C=O) groups excluding carboxylic acids is 3. The lowest BCUT2D eigenvalue weighted by Gasteiger charge is -2.11. The SMILES string of the molecule is CC[C@H](C)NC(=O)NC(=O)COC(=O)/C=C/c1ccc(C(F)(F)F)cc1. The lowest BCUT2D eigenvalue weighted by atomic mass is 10.1. The number of alkyl halides is 3. The van der Waals surface area contributed by atoms with Crippen LogP contribution in [0, 0.1) is 0 Å². The maximum Gasteiger partial charge on any atom is 0.416 e. The van der Waals surface area contributed by atoms with Crippen LogP contribution in [0.3, 0.4) is 0 Å². The molecule has 1 rings (SSSR count). The van der Waals surface area contributed by atoms with E-state index in [1.165, 1.54) is 18.2 Å². The highest BCUT2D eigenvalue weighted by Crippen LogP contribution is 2.29. The van der Waals surface area contributed by atoms with Crippen LogP contribution in [-0.2, 0) is 20.5 Å². The quantitative estimate of drug-likeness (QED) is 0.594. The minimum Gasteiger partial charge on any atom is -0.452 e. The van der Waals surface area contributed by atoms with Crippen LogP contribution in [0.25, 0.3) is 6.08 Å². The van der Waals surface area contributed by atoms with Gasteiger partial charge in [0.2, 0.25) is 0 Å². The maximum absolute atomic E-state index is 12.4. The van der Waals surface area contributed by atoms with Crippen LogP contribution in [0.4, 0.5) is 18.0 Å². The fourth-order valence-corrected chi connectivity index (χ4v) is 1.66. The van der Waals surface area contributed by atoms with Crippen molar-refractivity contribution in [3.05, 3.63) is 41.5 Å². The summed E-state index contributed by atoms with van der Waals surface area (Å²) in [5.74, 6) is -1.68. The Morgan fingerprint density at radius 2 is 1.81 bits per heavy atom. The van der Waals surface area contributed by atoms with Crippen molar-refractivity contribution in [2.75, 3.05) is 6.61 Å². The molecule has 0 radical (unpaired) electrons. The van der Waals surface area contributed by atoms with Crippen LogP contribution in [0.5, 0.6) is 0 Å². The van der Waals surface area contributed by atoms with Gasteiger partial charge >= 0.3 is 18.2 Å². The Balaban J connectivity index is 2.43. The third-order valence-electron chi connectivity index (χ3n) is 3.24. The summed E-state index contributed by atoms with van der Waals surface area (Å²) in [6, 6.07) is 3.34. The van der Waals surface area contributed by atoms with Gasteiger partial charge in [0.15, 0.2) is 6.61 Å². The standard InChI is InChI=1S/C17H19F3N2O4/c1-3-11(2)21-16(25)22-14(23)10-26-15(24)9-6-12-4-7-13(8-5-12)17(18,19)20/h4-9,11H,3,10H2,1-2H3,(H2,21,22,23,25)/b9-6+/t11-/m0/s1. The molecule has 0 aliphatic heterocycles. The minimum atomic E-state index is -4.43. The lowest BCUT2D eigenvalue weighted by Crippen LogP contribution is -2.44. The topological polar surface area (TPSA) is 84.5 Å². The molecule has 0 saturated carbocycles. The second-order valence-electron chi connectivity index (χ2n) is 5.39. The van der Waals surface area contributed by atoms with E-state index in [-0.39, 0.29) is 6.04 Å². The van der Waals surface area contributed by atoms with Crippen LogP contribution in [0.2, 0.25) is 0 Å². The Morgan fingerprint density at radius 3 is 2.35 bits per heavy atom. The van der Waals surface area contributed by atoms with Crippen molar-refractivity contribution in [1.29, 1.82) is 0 Å². The zero-order valence-corrected chi connectivity index (χ0v) is 14.2. The van der Waals surface area contributed by atoms with Gasteiger partial charge in [-0.05, 0) is 37.1 Å². The van der Waals surface area contributed by atoms with Crippen LogP contribution >= 0.6 is 0 Å². The minimum absolute atomic E-state index is 0.114. The van der Waals surface area contributed by atoms with E-state index >= 15 is 0 Å². The molecule has 0 aromatic heterocycles. The van der Waals surface area contributed by atoms with E-state index in [1.54, 1.807) is 6.92 Å². The molecule has 0 saturated heterocycles. The summed E-state index contributed by atoms with van der Waals surface area (Å²) < 4.78 is 41.9. The number of rotatable bonds is 6. The Hall–Kier alpha value is -2.84. The Bertz CT molecular complexity index is 670. The Labute approximate surface area is 148 Å². The average molecular weight is 372 g/mol. The smallest absolute Gasteiger partial charge is 0.416 e. The number of imide groups is 1. The summed E-state index contributed by atoms with van der Waals surface area (Å²) in [7, 11) is 0. The number of ether oxygens (including phenoxy) is 1. The van der Waals surface area contributed by atoms with Crippen molar-refractivity contribution in [3.8, 4) is 0 Å². The van der Waals surface area contributed by atoms with Crippen LogP contribution in [0.1, 0.15) is 31.4 Å². The molecular formula is C17H19F3N2O4. The number of esters is 1. The molecule has 1 aromatic carbocycles. The highest BCUT2D eigenvalue weighted by Gasteiger charge is 2.29. The van der Waals surface area contributed by atoms with E-state index in [1.807, 2.05) is 12.2 Å². The molecule has 0 aliphatic rings. The second kappa shape index (κ2) is 9.59. The summed E-state index contributed by atoms with van der Waals surface area (Å²) >= 11 is 0. The summed E-state index contributed by atoms with van der Waals surface area (Å²) in [4.78, 5) is 34.3. The number of amides is 3. The van der Waals surface area contributed by atoms with E-state index in [9.17, 15) is 27.6 Å². The fourth-order valence-electron chi connectivity index (χ4n) is 1.66. The number of hydrogen-bond acceptors (Lipinski definition) is 4. The molecule has 0 bridgehead atoms. The number of benzene rings is 1. The molecule has 2 N–H and O–H groups in total. The fraction of sp³-hybridized carbons (Fsp3) is 0.353. The zero-order chi connectivity index (χ0) is 19.7. The number of halogens is 3. The normalized spacial score (nSPS) is 12.5. The molecular weight excluding hydrogens is 353 g/mol. The van der Waals surface area contributed by atoms with Gasteiger partial charge in [0.1, 0.15) is 0 Å². The van der Waals surface area contributed by atoms with Crippen molar-refractivity contribution >= 4 is 24.0 Å². The van der Waals surface area contributed by atoms with Gasteiger partial charge in [0, 0.05) is 12.1 Å². The first-order chi connectivity index (χ1) is 12.1. The Kier molecular flexibility index (Phi) is 7.82. The molecule has 26 heavy (non-hydrogen) atoms. The molecule has 0 fully saturated rings. The third kappa shape index (κ3) is 7.82. The van der Waals surface area contributed by atoms with Gasteiger partial charge in [0.25, 0.3) is 5.91 Å². The monoisotopic (exact) mass is 372 g/mol. The van der Waals surface area contributed by atoms with Crippen molar-refractivity contribution in [2.24, 2.45) is 0 Å². The summed E-state index contributed by atoms with van der Waals surface area (Å²) in [6.45, 7) is 2.96. The van der Waals surface area contributed by atoms with Crippen molar-refractivity contribution in [2.45, 2.75) is 32.5 Å². The molecule has 1 aromatic rings. The molecule has 3 amide bonds. The van der Waals surface area contributed by atoms with Crippen LogP contribution in [0.15, 0.2) is 30.3 Å². The van der Waals surface area contributed by atoms with Gasteiger partial charge in [-0.2, -0.15) is 13.2 Å². The van der Waals surface area contributed by atoms with Gasteiger partial charge in [-0.3, -0.25) is 10.1 Å². The number of carbonyl (C=O) groups is 3. The number of nitrogens with one attached hydrogen (secondary N) is 2. The number of urea groups is 1. The van der Waals surface area contributed by atoms with E-state index in [0.29, 0.717) is 12.0 Å². The maximum atomic E-state index is 12.4. The van der Waals surface area contributed by atoms with E-state index < -0.39 is 36.3 Å². The molecule has 6 nitrogen and oxygen atoms in total. The first kappa shape index (κ1) is 21.2. The van der Waals surface area contributed by atoms with Crippen molar-refractivity contribution in [1.82, 2.24) is 10.6 Å². The van der Waals surface area contributed by atoms with Gasteiger partial charge < -0.3 is 10.1 Å². The highest BCUT2D eigenvalue weighted by atomic mass is 19.4. The zero-order valence-electron chi connectivity index (χ0n) is 14.2. The van der Waals surface area contributed by atoms with Gasteiger partial charge in [-0.15, -0.1) is 0 Å². The molecule has 0 aliphatic carbocycles. The van der Waals surface area contributed by atoms with Gasteiger partial charge in [-0.1, -0.05) is 19.1 Å². The lowest BCUT2D eigenvalue weighted by molar-refractivity contribution is -0.143. The van der Waals surface area contributed by atoms with Gasteiger partial charge in [0.05, 0.1) is 5.56 Å². The Morgan fingerprint density at radius 1 is 1.19 bits per heavy atom. The third-order valence-corrected chi connectivity index (χ3v) is 3.24. The summed E-state index contributed by atoms with van der Waals surface area (Å²) in [5.41, 5.74) is -0.447. The first-order valence-corrected chi connectivity index (χ1v) is 7.74. The van der Waals surface area contributed by atoms with Crippen molar-refractivity contribution < 1.29 is 32.3 Å². The average Bonchev–Trinajstić information content (AvgIpc) is 2.57. The summed E-state index contributed by atoms with van der Waals surface area (Å²) in [6.07, 6.45) is -1.54. The van der Waals surface area contributed by atoms with E-state index in [2.05, 4.69) is 10.1 Å². The van der Waals surface area contributed by atoms with E-state index in [4.69, 9.17) is 0 Å². The van der Waals surface area contributed by atoms with Crippen LogP contribution in [-0.4, -0.2) is 30.6 Å². The van der Waals surface area contributed by atoms with Crippen molar-refractivity contribution in [3.63, 3.8) is 0 Å². The second-order valence-corrected chi connectivity index (χ2v) is 5.39. The molecule has 0 heterocycles. The predicted octanol–water partition coefficient (Wildman–Crippen LogP) is 2.89. The number of hydrogen-bond donors (Lipinski definition) is 2. The molecule has 1 atom stereocenters. The van der Waals surface area contributed by atoms with E-state index in [0.717, 1.165) is 18.2 Å². The first-order valence-electron chi connectivity index (χ1n) is 7.74. The predicted molar refractivity (Wildman–Crippen MR) is 87.9 cm³/mol. The molecule has 142 valence electrons. The largest absolute Gasteiger partial charge is 0.452 e. The van der Waals surface area contributed by atoms with Gasteiger partial charge in [-0.25, -0.2) is 9.59 Å². The highest BCUT2D eigenvalue weighted by molar-refractivity contribution is 5.96.